The summed E-state index contributed by atoms with van der Waals surface area (Å²) in [7, 11) is 1.63. The summed E-state index contributed by atoms with van der Waals surface area (Å²) >= 11 is 2.98. The highest BCUT2D eigenvalue weighted by Gasteiger charge is 2.26. The molecule has 3 aromatic rings. The second kappa shape index (κ2) is 8.17. The Hall–Kier alpha value is -2.16. The van der Waals surface area contributed by atoms with E-state index in [4.69, 9.17) is 9.72 Å². The maximum absolute atomic E-state index is 13.3. The Morgan fingerprint density at radius 1 is 1.27 bits per heavy atom. The van der Waals surface area contributed by atoms with Crippen LogP contribution >= 0.6 is 23.1 Å². The van der Waals surface area contributed by atoms with Gasteiger partial charge in [0.05, 0.1) is 24.3 Å². The molecule has 3 heterocycles. The van der Waals surface area contributed by atoms with Gasteiger partial charge in [0.15, 0.2) is 5.16 Å². The number of methoxy groups -OCH3 is 1. The van der Waals surface area contributed by atoms with Gasteiger partial charge in [-0.2, -0.15) is 0 Å². The Kier molecular flexibility index (Phi) is 5.39. The van der Waals surface area contributed by atoms with E-state index in [9.17, 15) is 9.59 Å². The predicted molar refractivity (Wildman–Crippen MR) is 121 cm³/mol. The van der Waals surface area contributed by atoms with Crippen molar-refractivity contribution in [3.05, 3.63) is 50.6 Å². The quantitative estimate of drug-likeness (QED) is 0.434. The highest BCUT2D eigenvalue weighted by Crippen LogP contribution is 2.36. The van der Waals surface area contributed by atoms with Crippen molar-refractivity contribution in [1.82, 2.24) is 9.55 Å². The van der Waals surface area contributed by atoms with Crippen molar-refractivity contribution < 1.29 is 9.53 Å². The second-order valence-corrected chi connectivity index (χ2v) is 9.62. The van der Waals surface area contributed by atoms with Gasteiger partial charge in [0, 0.05) is 24.2 Å². The number of thiophene rings is 1. The Bertz CT molecular complexity index is 1180. The van der Waals surface area contributed by atoms with Gasteiger partial charge >= 0.3 is 0 Å². The highest BCUT2D eigenvalue weighted by atomic mass is 32.2. The van der Waals surface area contributed by atoms with Crippen LogP contribution in [0.15, 0.2) is 34.2 Å². The number of nitrogens with zero attached hydrogens (tertiary/aromatic N) is 3. The fourth-order valence-corrected chi connectivity index (χ4v) is 6.55. The van der Waals surface area contributed by atoms with Gasteiger partial charge in [-0.05, 0) is 42.9 Å². The van der Waals surface area contributed by atoms with Crippen molar-refractivity contribution in [1.29, 1.82) is 0 Å². The number of benzene rings is 1. The molecule has 1 aliphatic heterocycles. The molecular weight excluding hydrogens is 418 g/mol. The number of hydrogen-bond acceptors (Lipinski definition) is 6. The third-order valence-corrected chi connectivity index (χ3v) is 7.97. The molecule has 0 spiro atoms. The molecule has 2 aliphatic rings. The van der Waals surface area contributed by atoms with Crippen molar-refractivity contribution in [2.75, 3.05) is 30.9 Å². The first-order chi connectivity index (χ1) is 14.7. The molecule has 156 valence electrons. The van der Waals surface area contributed by atoms with Crippen LogP contribution in [0.1, 0.15) is 22.4 Å². The summed E-state index contributed by atoms with van der Waals surface area (Å²) in [5.41, 5.74) is 3.39. The largest absolute Gasteiger partial charge is 0.383 e. The zero-order chi connectivity index (χ0) is 20.7. The summed E-state index contributed by atoms with van der Waals surface area (Å²) in [6, 6.07) is 8.04. The fraction of sp³-hybridized carbons (Fsp3) is 0.409. The molecule has 5 rings (SSSR count). The van der Waals surface area contributed by atoms with E-state index in [-0.39, 0.29) is 17.2 Å². The van der Waals surface area contributed by atoms with Gasteiger partial charge in [-0.15, -0.1) is 11.3 Å². The molecule has 30 heavy (non-hydrogen) atoms. The number of aryl methyl sites for hydroxylation is 2. The second-order valence-electron chi connectivity index (χ2n) is 7.59. The Balaban J connectivity index is 1.44. The van der Waals surface area contributed by atoms with Crippen LogP contribution in [0, 0.1) is 0 Å². The molecule has 0 fully saturated rings. The Morgan fingerprint density at radius 3 is 3.00 bits per heavy atom. The number of aromatic nitrogens is 2. The molecule has 0 bridgehead atoms. The van der Waals surface area contributed by atoms with Crippen molar-refractivity contribution in [3.8, 4) is 0 Å². The van der Waals surface area contributed by atoms with Crippen LogP contribution in [0.3, 0.4) is 0 Å². The standard InChI is InChI=1S/C22H23N3O3S2/c1-28-12-11-25-21(27)19-15-6-4-8-17(15)30-20(19)23-22(25)29-13-18(26)24-10-9-14-5-2-3-7-16(14)24/h2-3,5,7H,4,6,8-13H2,1H3. The SMILES string of the molecule is COCCn1c(SCC(=O)N2CCc3ccccc32)nc2sc3c(c2c1=O)CCC3. The molecule has 1 aliphatic carbocycles. The highest BCUT2D eigenvalue weighted by molar-refractivity contribution is 7.99. The van der Waals surface area contributed by atoms with Gasteiger partial charge in [0.1, 0.15) is 4.83 Å². The molecule has 0 saturated heterocycles. The molecule has 8 heteroatoms. The van der Waals surface area contributed by atoms with Crippen molar-refractivity contribution in [2.24, 2.45) is 0 Å². The van der Waals surface area contributed by atoms with Crippen molar-refractivity contribution in [2.45, 2.75) is 37.4 Å². The van der Waals surface area contributed by atoms with Crippen LogP contribution in [-0.2, 0) is 35.3 Å². The molecule has 0 N–H and O–H groups in total. The minimum Gasteiger partial charge on any atom is -0.383 e. The molecular formula is C22H23N3O3S2. The van der Waals surface area contributed by atoms with Gasteiger partial charge in [-0.1, -0.05) is 30.0 Å². The number of carbonyl (C=O) groups is 1. The summed E-state index contributed by atoms with van der Waals surface area (Å²) in [6.45, 7) is 1.58. The third kappa shape index (κ3) is 3.36. The average molecular weight is 442 g/mol. The van der Waals surface area contributed by atoms with Crippen molar-refractivity contribution >= 4 is 44.9 Å². The van der Waals surface area contributed by atoms with Gasteiger partial charge in [0.25, 0.3) is 5.56 Å². The lowest BCUT2D eigenvalue weighted by atomic mass is 10.2. The van der Waals surface area contributed by atoms with E-state index in [2.05, 4.69) is 6.07 Å². The molecule has 2 aromatic heterocycles. The number of anilines is 1. The van der Waals surface area contributed by atoms with Gasteiger partial charge < -0.3 is 9.64 Å². The Labute approximate surface area is 182 Å². The first kappa shape index (κ1) is 19.8. The number of para-hydroxylation sites is 1. The van der Waals surface area contributed by atoms with Crippen LogP contribution in [-0.4, -0.2) is 41.5 Å². The summed E-state index contributed by atoms with van der Waals surface area (Å²) < 4.78 is 6.91. The molecule has 0 atom stereocenters. The number of carbonyl (C=O) groups excluding carboxylic acids is 1. The molecule has 0 saturated carbocycles. The lowest BCUT2D eigenvalue weighted by Crippen LogP contribution is -2.31. The minimum absolute atomic E-state index is 0.00193. The van der Waals surface area contributed by atoms with Gasteiger partial charge in [0.2, 0.25) is 5.91 Å². The van der Waals surface area contributed by atoms with Gasteiger partial charge in [-0.3, -0.25) is 14.2 Å². The van der Waals surface area contributed by atoms with E-state index < -0.39 is 0 Å². The van der Waals surface area contributed by atoms with Gasteiger partial charge in [-0.25, -0.2) is 4.98 Å². The number of thioether (sulfide) groups is 1. The smallest absolute Gasteiger partial charge is 0.263 e. The third-order valence-electron chi connectivity index (χ3n) is 5.82. The van der Waals surface area contributed by atoms with E-state index in [1.54, 1.807) is 23.0 Å². The molecule has 0 radical (unpaired) electrons. The molecule has 1 aromatic carbocycles. The first-order valence-electron chi connectivity index (χ1n) is 10.2. The maximum atomic E-state index is 13.3. The van der Waals surface area contributed by atoms with E-state index in [0.717, 1.165) is 41.6 Å². The normalized spacial score (nSPS) is 15.0. The minimum atomic E-state index is -0.00193. The number of hydrogen-bond donors (Lipinski definition) is 0. The van der Waals surface area contributed by atoms with Crippen molar-refractivity contribution in [3.63, 3.8) is 0 Å². The lowest BCUT2D eigenvalue weighted by Gasteiger charge is -2.17. The van der Waals surface area contributed by atoms with Crippen LogP contribution in [0.4, 0.5) is 5.69 Å². The van der Waals surface area contributed by atoms with Crippen LogP contribution < -0.4 is 10.5 Å². The topological polar surface area (TPSA) is 64.4 Å². The van der Waals surface area contributed by atoms with E-state index >= 15 is 0 Å². The zero-order valence-electron chi connectivity index (χ0n) is 16.8. The average Bonchev–Trinajstić information content (AvgIpc) is 3.45. The van der Waals surface area contributed by atoms with E-state index in [1.807, 2.05) is 23.1 Å². The number of rotatable bonds is 6. The molecule has 0 unspecified atom stereocenters. The molecule has 1 amide bonds. The monoisotopic (exact) mass is 441 g/mol. The number of amides is 1. The fourth-order valence-electron chi connectivity index (χ4n) is 4.35. The van der Waals surface area contributed by atoms with Crippen LogP contribution in [0.2, 0.25) is 0 Å². The lowest BCUT2D eigenvalue weighted by molar-refractivity contribution is -0.116. The Morgan fingerprint density at radius 2 is 2.13 bits per heavy atom. The van der Waals surface area contributed by atoms with E-state index in [1.165, 1.54) is 27.8 Å². The summed E-state index contributed by atoms with van der Waals surface area (Å²) in [4.78, 5) is 35.0. The number of ether oxygens (including phenoxy) is 1. The van der Waals surface area contributed by atoms with E-state index in [0.29, 0.717) is 24.9 Å². The van der Waals surface area contributed by atoms with Crippen LogP contribution in [0.5, 0.6) is 0 Å². The summed E-state index contributed by atoms with van der Waals surface area (Å²) in [5.74, 6) is 0.302. The molecule has 6 nitrogen and oxygen atoms in total. The number of fused-ring (bicyclic) bond motifs is 4. The predicted octanol–water partition coefficient (Wildman–Crippen LogP) is 3.27. The zero-order valence-corrected chi connectivity index (χ0v) is 18.5. The summed E-state index contributed by atoms with van der Waals surface area (Å²) in [6.07, 6.45) is 3.98. The maximum Gasteiger partial charge on any atom is 0.263 e. The summed E-state index contributed by atoms with van der Waals surface area (Å²) in [5, 5.41) is 1.37. The van der Waals surface area contributed by atoms with Crippen LogP contribution in [0.25, 0.3) is 10.2 Å². The first-order valence-corrected chi connectivity index (χ1v) is 12.0.